The van der Waals surface area contributed by atoms with Crippen LogP contribution < -0.4 is 0 Å². The Morgan fingerprint density at radius 1 is 1.58 bits per heavy atom. The molecule has 2 heterocycles. The van der Waals surface area contributed by atoms with Gasteiger partial charge in [0.05, 0.1) is 25.7 Å². The van der Waals surface area contributed by atoms with E-state index in [0.717, 1.165) is 4.88 Å². The van der Waals surface area contributed by atoms with Gasteiger partial charge in [-0.1, -0.05) is 6.07 Å². The zero-order valence-corrected chi connectivity index (χ0v) is 11.1. The average Bonchev–Trinajstić information content (AvgIpc) is 2.89. The highest BCUT2D eigenvalue weighted by atomic mass is 32.1. The predicted octanol–water partition coefficient (Wildman–Crippen LogP) is 1.46. The first-order valence-corrected chi connectivity index (χ1v) is 6.86. The molecular formula is C13H15NO4S. The molecule has 2 rings (SSSR count). The van der Waals surface area contributed by atoms with Gasteiger partial charge in [0.2, 0.25) is 5.91 Å². The van der Waals surface area contributed by atoms with E-state index in [9.17, 15) is 9.59 Å². The quantitative estimate of drug-likeness (QED) is 0.849. The third-order valence-corrected chi connectivity index (χ3v) is 3.69. The fraction of sp³-hybridized carbons (Fsp3) is 0.385. The SMILES string of the molecule is O=C(O)CC1COCCN1C(=O)C=Cc1cccs1. The highest BCUT2D eigenvalue weighted by Crippen LogP contribution is 2.14. The predicted molar refractivity (Wildman–Crippen MR) is 71.9 cm³/mol. The maximum absolute atomic E-state index is 12.1. The number of hydrogen-bond donors (Lipinski definition) is 1. The van der Waals surface area contributed by atoms with Gasteiger partial charge in [-0.2, -0.15) is 0 Å². The molecule has 1 unspecified atom stereocenters. The molecule has 1 aromatic heterocycles. The number of rotatable bonds is 4. The number of morpholine rings is 1. The molecule has 0 aromatic carbocycles. The Bertz CT molecular complexity index is 469. The molecule has 1 amide bonds. The van der Waals surface area contributed by atoms with E-state index in [1.165, 1.54) is 6.08 Å². The molecule has 19 heavy (non-hydrogen) atoms. The summed E-state index contributed by atoms with van der Waals surface area (Å²) in [6, 6.07) is 3.45. The molecule has 6 heteroatoms. The Morgan fingerprint density at radius 3 is 3.11 bits per heavy atom. The zero-order chi connectivity index (χ0) is 13.7. The maximum Gasteiger partial charge on any atom is 0.305 e. The number of hydrogen-bond acceptors (Lipinski definition) is 4. The lowest BCUT2D eigenvalue weighted by molar-refractivity contribution is -0.143. The van der Waals surface area contributed by atoms with Gasteiger partial charge in [-0.25, -0.2) is 0 Å². The van der Waals surface area contributed by atoms with Crippen LogP contribution in [0.1, 0.15) is 11.3 Å². The number of nitrogens with zero attached hydrogens (tertiary/aromatic N) is 1. The van der Waals surface area contributed by atoms with Crippen molar-refractivity contribution in [3.05, 3.63) is 28.5 Å². The molecule has 0 bridgehead atoms. The highest BCUT2D eigenvalue weighted by molar-refractivity contribution is 7.10. The molecule has 0 radical (unpaired) electrons. The fourth-order valence-corrected chi connectivity index (χ4v) is 2.57. The summed E-state index contributed by atoms with van der Waals surface area (Å²) in [4.78, 5) is 25.4. The third-order valence-electron chi connectivity index (χ3n) is 2.85. The molecular weight excluding hydrogens is 266 g/mol. The third kappa shape index (κ3) is 3.90. The summed E-state index contributed by atoms with van der Waals surface area (Å²) in [7, 11) is 0. The minimum absolute atomic E-state index is 0.0847. The summed E-state index contributed by atoms with van der Waals surface area (Å²) in [5.41, 5.74) is 0. The summed E-state index contributed by atoms with van der Waals surface area (Å²) in [6.07, 6.45) is 3.16. The minimum Gasteiger partial charge on any atom is -0.481 e. The van der Waals surface area contributed by atoms with Gasteiger partial charge in [0, 0.05) is 17.5 Å². The van der Waals surface area contributed by atoms with Gasteiger partial charge in [0.1, 0.15) is 0 Å². The second kappa shape index (κ2) is 6.49. The van der Waals surface area contributed by atoms with Crippen LogP contribution in [-0.2, 0) is 14.3 Å². The van der Waals surface area contributed by atoms with Crippen LogP contribution in [0.4, 0.5) is 0 Å². The average molecular weight is 281 g/mol. The number of carboxylic acid groups (broad SMARTS) is 1. The van der Waals surface area contributed by atoms with E-state index in [2.05, 4.69) is 0 Å². The van der Waals surface area contributed by atoms with Crippen molar-refractivity contribution in [2.45, 2.75) is 12.5 Å². The van der Waals surface area contributed by atoms with Crippen molar-refractivity contribution >= 4 is 29.3 Å². The lowest BCUT2D eigenvalue weighted by atomic mass is 10.1. The largest absolute Gasteiger partial charge is 0.481 e. The Labute approximate surface area is 115 Å². The van der Waals surface area contributed by atoms with Crippen molar-refractivity contribution in [3.63, 3.8) is 0 Å². The van der Waals surface area contributed by atoms with Gasteiger partial charge >= 0.3 is 5.97 Å². The highest BCUT2D eigenvalue weighted by Gasteiger charge is 2.27. The Kier molecular flexibility index (Phi) is 4.70. The standard InChI is InChI=1S/C13H15NO4S/c15-12(4-3-11-2-1-7-19-11)14-5-6-18-9-10(14)8-13(16)17/h1-4,7,10H,5-6,8-9H2,(H,16,17). The van der Waals surface area contributed by atoms with Gasteiger partial charge in [-0.15, -0.1) is 11.3 Å². The smallest absolute Gasteiger partial charge is 0.305 e. The van der Waals surface area contributed by atoms with Crippen LogP contribution in [0.15, 0.2) is 23.6 Å². The van der Waals surface area contributed by atoms with Crippen molar-refractivity contribution < 1.29 is 19.4 Å². The van der Waals surface area contributed by atoms with Crippen LogP contribution in [0.5, 0.6) is 0 Å². The second-order valence-corrected chi connectivity index (χ2v) is 5.19. The van der Waals surface area contributed by atoms with E-state index < -0.39 is 5.97 Å². The van der Waals surface area contributed by atoms with Crippen molar-refractivity contribution in [2.24, 2.45) is 0 Å². The van der Waals surface area contributed by atoms with E-state index in [-0.39, 0.29) is 25.0 Å². The number of ether oxygens (including phenoxy) is 1. The van der Waals surface area contributed by atoms with E-state index in [1.807, 2.05) is 17.5 Å². The summed E-state index contributed by atoms with van der Waals surface area (Å²) in [5, 5.41) is 10.8. The number of aliphatic carboxylic acids is 1. The summed E-state index contributed by atoms with van der Waals surface area (Å²) in [6.45, 7) is 1.17. The molecule has 1 atom stereocenters. The first-order valence-electron chi connectivity index (χ1n) is 5.98. The zero-order valence-electron chi connectivity index (χ0n) is 10.3. The van der Waals surface area contributed by atoms with Crippen LogP contribution in [0.25, 0.3) is 6.08 Å². The van der Waals surface area contributed by atoms with Crippen LogP contribution in [0, 0.1) is 0 Å². The molecule has 0 aliphatic carbocycles. The topological polar surface area (TPSA) is 66.8 Å². The van der Waals surface area contributed by atoms with E-state index in [4.69, 9.17) is 9.84 Å². The Hall–Kier alpha value is -1.66. The first-order chi connectivity index (χ1) is 9.16. The molecule has 1 aromatic rings. The number of carbonyl (C=O) groups excluding carboxylic acids is 1. The van der Waals surface area contributed by atoms with Gasteiger partial charge < -0.3 is 14.7 Å². The first kappa shape index (κ1) is 13.8. The summed E-state index contributed by atoms with van der Waals surface area (Å²) < 4.78 is 5.23. The normalized spacial score (nSPS) is 19.8. The van der Waals surface area contributed by atoms with E-state index >= 15 is 0 Å². The number of thiophene rings is 1. The molecule has 1 fully saturated rings. The summed E-state index contributed by atoms with van der Waals surface area (Å²) in [5.74, 6) is -1.08. The van der Waals surface area contributed by atoms with Crippen LogP contribution in [0.3, 0.4) is 0 Å². The van der Waals surface area contributed by atoms with Gasteiger partial charge in [-0.3, -0.25) is 9.59 Å². The lowest BCUT2D eigenvalue weighted by Crippen LogP contribution is -2.49. The van der Waals surface area contributed by atoms with Crippen LogP contribution in [-0.4, -0.2) is 47.7 Å². The lowest BCUT2D eigenvalue weighted by Gasteiger charge is -2.34. The molecule has 1 saturated heterocycles. The molecule has 0 saturated carbocycles. The van der Waals surface area contributed by atoms with Crippen LogP contribution in [0.2, 0.25) is 0 Å². The molecule has 1 N–H and O–H groups in total. The molecule has 5 nitrogen and oxygen atoms in total. The van der Waals surface area contributed by atoms with Crippen molar-refractivity contribution in [3.8, 4) is 0 Å². The molecule has 102 valence electrons. The Morgan fingerprint density at radius 2 is 2.42 bits per heavy atom. The number of carboxylic acids is 1. The van der Waals surface area contributed by atoms with Gasteiger partial charge in [-0.05, 0) is 17.5 Å². The Balaban J connectivity index is 2.00. The second-order valence-electron chi connectivity index (χ2n) is 4.21. The minimum atomic E-state index is -0.921. The molecule has 1 aliphatic rings. The van der Waals surface area contributed by atoms with E-state index in [0.29, 0.717) is 13.2 Å². The van der Waals surface area contributed by atoms with Crippen LogP contribution >= 0.6 is 11.3 Å². The van der Waals surface area contributed by atoms with E-state index in [1.54, 1.807) is 22.3 Å². The van der Waals surface area contributed by atoms with Crippen molar-refractivity contribution in [1.29, 1.82) is 0 Å². The maximum atomic E-state index is 12.1. The van der Waals surface area contributed by atoms with Crippen molar-refractivity contribution in [2.75, 3.05) is 19.8 Å². The fourth-order valence-electron chi connectivity index (χ4n) is 1.95. The monoisotopic (exact) mass is 281 g/mol. The van der Waals surface area contributed by atoms with Gasteiger partial charge in [0.15, 0.2) is 0 Å². The number of carbonyl (C=O) groups is 2. The molecule has 1 aliphatic heterocycles. The van der Waals surface area contributed by atoms with Crippen molar-refractivity contribution in [1.82, 2.24) is 4.90 Å². The number of amides is 1. The molecule has 0 spiro atoms. The van der Waals surface area contributed by atoms with Gasteiger partial charge in [0.25, 0.3) is 0 Å². The summed E-state index contributed by atoms with van der Waals surface area (Å²) >= 11 is 1.55.